The third-order valence-corrected chi connectivity index (χ3v) is 6.83. The fourth-order valence-corrected chi connectivity index (χ4v) is 5.10. The molecule has 8 nitrogen and oxygen atoms in total. The van der Waals surface area contributed by atoms with Crippen LogP contribution in [0.5, 0.6) is 0 Å². The van der Waals surface area contributed by atoms with Crippen molar-refractivity contribution in [2.24, 2.45) is 0 Å². The molecule has 0 fully saturated rings. The van der Waals surface area contributed by atoms with E-state index in [9.17, 15) is 0 Å². The first-order chi connectivity index (χ1) is 18.5. The zero-order valence-electron chi connectivity index (χ0n) is 22.2. The second-order valence-corrected chi connectivity index (χ2v) is 9.59. The van der Waals surface area contributed by atoms with Crippen LogP contribution in [-0.2, 0) is 33.9 Å². The second kappa shape index (κ2) is 11.0. The van der Waals surface area contributed by atoms with Gasteiger partial charge in [-0.05, 0) is 74.4 Å². The van der Waals surface area contributed by atoms with E-state index in [1.807, 2.05) is 0 Å². The molecule has 39 heavy (non-hydrogen) atoms. The van der Waals surface area contributed by atoms with Crippen molar-refractivity contribution < 1.29 is 21.1 Å². The number of aryl methyl sites for hydroxylation is 6. The Morgan fingerprint density at radius 2 is 1.00 bits per heavy atom. The summed E-state index contributed by atoms with van der Waals surface area (Å²) in [7, 11) is 0. The molecule has 9 heteroatoms. The minimum absolute atomic E-state index is 0. The zero-order valence-corrected chi connectivity index (χ0v) is 24.5. The number of aromatic nitrogens is 8. The molecule has 0 unspecified atom stereocenters. The summed E-state index contributed by atoms with van der Waals surface area (Å²) in [5.41, 5.74) is 8.84. The summed E-state index contributed by atoms with van der Waals surface area (Å²) in [4.78, 5) is 27.7. The van der Waals surface area contributed by atoms with Gasteiger partial charge in [0.25, 0.3) is 0 Å². The van der Waals surface area contributed by atoms with Gasteiger partial charge >= 0.3 is 21.1 Å². The Balaban J connectivity index is 0.00000308. The molecule has 0 amide bonds. The predicted octanol–water partition coefficient (Wildman–Crippen LogP) is 5.11. The zero-order chi connectivity index (χ0) is 26.2. The molecule has 0 bridgehead atoms. The van der Waals surface area contributed by atoms with Crippen LogP contribution in [0.4, 0.5) is 0 Å². The predicted molar refractivity (Wildman–Crippen MR) is 147 cm³/mol. The van der Waals surface area contributed by atoms with E-state index >= 15 is 0 Å². The van der Waals surface area contributed by atoms with Crippen molar-refractivity contribution in [1.82, 2.24) is 39.0 Å². The van der Waals surface area contributed by atoms with Gasteiger partial charge in [-0.2, -0.15) is 0 Å². The third-order valence-electron chi connectivity index (χ3n) is 6.83. The molecule has 0 spiro atoms. The summed E-state index contributed by atoms with van der Waals surface area (Å²) >= 11 is 0. The van der Waals surface area contributed by atoms with E-state index < -0.39 is 0 Å². The summed E-state index contributed by atoms with van der Waals surface area (Å²) in [5, 5.41) is 0. The maximum absolute atomic E-state index is 4.97. The number of benzene rings is 2. The van der Waals surface area contributed by atoms with Crippen LogP contribution in [-0.4, -0.2) is 29.1 Å². The molecule has 6 rings (SSSR count). The summed E-state index contributed by atoms with van der Waals surface area (Å²) in [6.07, 6.45) is 12.4. The Morgan fingerprint density at radius 3 is 1.33 bits per heavy atom. The smallest absolute Gasteiger partial charge is 0.440 e. The van der Waals surface area contributed by atoms with E-state index in [0.29, 0.717) is 11.6 Å². The number of rotatable bonds is 7. The Bertz CT molecular complexity index is 1540. The summed E-state index contributed by atoms with van der Waals surface area (Å²) in [6.45, 7) is 8.46. The number of hydrogen-bond donors (Lipinski definition) is 0. The summed E-state index contributed by atoms with van der Waals surface area (Å²) in [6, 6.07) is 12.6. The van der Waals surface area contributed by atoms with E-state index in [1.54, 1.807) is 24.8 Å². The van der Waals surface area contributed by atoms with Crippen LogP contribution in [0.2, 0.25) is 0 Å². The fraction of sp³-hybridized carbons (Fsp3) is 0.200. The molecule has 0 N–H and O–H groups in total. The summed E-state index contributed by atoms with van der Waals surface area (Å²) in [5.74, 6) is 2.73. The first-order valence-corrected chi connectivity index (χ1v) is 12.7. The number of hydrogen-bond acceptors (Lipinski definition) is 4. The Morgan fingerprint density at radius 1 is 0.615 bits per heavy atom. The van der Waals surface area contributed by atoms with Crippen LogP contribution in [0.25, 0.3) is 34.7 Å². The standard InChI is InChI=1S/C30H28N8.Pt/c1-19-7-5-8-20(2)25(19)37-17-23(35-29(37)27-31-13-14-32-27)11-12-24-18-38(26-21(3)9-6-10-22(26)4)30(36-24)28-33-15-16-34-28;/h5-10,13-18H,11-12H2,1-4H3;/q-2;+2. The van der Waals surface area contributed by atoms with Gasteiger partial charge in [-0.15, -0.1) is 0 Å². The van der Waals surface area contributed by atoms with Crippen molar-refractivity contribution in [2.45, 2.75) is 40.5 Å². The van der Waals surface area contributed by atoms with Crippen LogP contribution in [0.15, 0.2) is 73.6 Å². The monoisotopic (exact) mass is 695 g/mol. The van der Waals surface area contributed by atoms with Crippen LogP contribution >= 0.6 is 0 Å². The molecule has 0 saturated heterocycles. The normalized spacial score (nSPS) is 11.1. The largest absolute Gasteiger partial charge is 2.00 e. The SMILES string of the molecule is Cc1cccc(C)c1-n1cc(CCc2cn(-c3c(C)cccc3C)c(-c3ncc[n-]3)n2)nc1-c1ncc[n-]1.[Pt+2]. The van der Waals surface area contributed by atoms with Gasteiger partial charge in [0.1, 0.15) is 11.6 Å². The Labute approximate surface area is 241 Å². The van der Waals surface area contributed by atoms with Crippen molar-refractivity contribution in [3.63, 3.8) is 0 Å². The van der Waals surface area contributed by atoms with E-state index in [2.05, 4.69) is 106 Å². The molecule has 198 valence electrons. The first kappa shape index (κ1) is 26.6. The van der Waals surface area contributed by atoms with Gasteiger partial charge in [0.2, 0.25) is 0 Å². The van der Waals surface area contributed by atoms with Crippen molar-refractivity contribution in [2.75, 3.05) is 0 Å². The van der Waals surface area contributed by atoms with E-state index in [4.69, 9.17) is 9.97 Å². The summed E-state index contributed by atoms with van der Waals surface area (Å²) < 4.78 is 4.24. The third kappa shape index (κ3) is 5.04. The topological polar surface area (TPSA) is 89.6 Å². The number of imidazole rings is 4. The van der Waals surface area contributed by atoms with Gasteiger partial charge in [-0.1, -0.05) is 61.2 Å². The van der Waals surface area contributed by atoms with E-state index in [-0.39, 0.29) is 21.1 Å². The maximum Gasteiger partial charge on any atom is 2.00 e. The molecule has 4 heterocycles. The number of nitrogens with zero attached hydrogens (tertiary/aromatic N) is 8. The van der Waals surface area contributed by atoms with Crippen molar-refractivity contribution in [3.05, 3.63) is 107 Å². The average molecular weight is 696 g/mol. The second-order valence-electron chi connectivity index (χ2n) is 9.59. The van der Waals surface area contributed by atoms with Crippen molar-refractivity contribution >= 4 is 0 Å². The Hall–Kier alpha value is -4.03. The molecule has 0 atom stereocenters. The molecular formula is C30H28N8Pt. The first-order valence-electron chi connectivity index (χ1n) is 12.7. The fourth-order valence-electron chi connectivity index (χ4n) is 5.10. The van der Waals surface area contributed by atoms with Gasteiger partial charge in [0.15, 0.2) is 0 Å². The maximum atomic E-state index is 4.97. The molecule has 0 aliphatic heterocycles. The van der Waals surface area contributed by atoms with E-state index in [1.165, 1.54) is 22.3 Å². The van der Waals surface area contributed by atoms with Gasteiger partial charge in [-0.25, -0.2) is 9.97 Å². The molecular weight excluding hydrogens is 667 g/mol. The molecule has 0 aliphatic carbocycles. The number of para-hydroxylation sites is 2. The Kier molecular flexibility index (Phi) is 7.49. The van der Waals surface area contributed by atoms with Crippen LogP contribution < -0.4 is 9.97 Å². The molecule has 0 saturated carbocycles. The van der Waals surface area contributed by atoms with Gasteiger partial charge in [0.05, 0.1) is 22.8 Å². The van der Waals surface area contributed by atoms with Crippen molar-refractivity contribution in [3.8, 4) is 34.7 Å². The van der Waals surface area contributed by atoms with Crippen LogP contribution in [0.1, 0.15) is 33.6 Å². The molecule has 2 aromatic carbocycles. The molecule has 4 aromatic heterocycles. The molecule has 0 radical (unpaired) electrons. The average Bonchev–Trinajstić information content (AvgIpc) is 3.70. The quantitative estimate of drug-likeness (QED) is 0.231. The van der Waals surface area contributed by atoms with E-state index in [0.717, 1.165) is 47.3 Å². The van der Waals surface area contributed by atoms with Crippen molar-refractivity contribution in [1.29, 1.82) is 0 Å². The van der Waals surface area contributed by atoms with Crippen LogP contribution in [0.3, 0.4) is 0 Å². The minimum Gasteiger partial charge on any atom is -0.440 e. The van der Waals surface area contributed by atoms with Gasteiger partial charge < -0.3 is 19.9 Å². The van der Waals surface area contributed by atoms with Crippen LogP contribution in [0, 0.1) is 27.7 Å². The molecule has 0 aliphatic rings. The van der Waals surface area contributed by atoms with Gasteiger partial charge in [-0.3, -0.25) is 9.13 Å². The molecule has 6 aromatic rings. The van der Waals surface area contributed by atoms with Gasteiger partial charge in [0, 0.05) is 12.4 Å². The minimum atomic E-state index is 0.